The molecule has 1 rings (SSSR count). The van der Waals surface area contributed by atoms with Gasteiger partial charge in [0, 0.05) is 12.1 Å². The summed E-state index contributed by atoms with van der Waals surface area (Å²) in [5, 5.41) is 13.5. The SMILES string of the molecule is Cc1cc([N+](=O)[O-])ccc1N=N. The lowest BCUT2D eigenvalue weighted by Gasteiger charge is -1.96. The summed E-state index contributed by atoms with van der Waals surface area (Å²) in [5.41, 5.74) is 7.84. The topological polar surface area (TPSA) is 79.3 Å². The van der Waals surface area contributed by atoms with E-state index in [9.17, 15) is 10.1 Å². The number of nitro groups is 1. The Morgan fingerprint density at radius 2 is 2.25 bits per heavy atom. The van der Waals surface area contributed by atoms with Crippen molar-refractivity contribution in [3.63, 3.8) is 0 Å². The second kappa shape index (κ2) is 3.08. The third-order valence-electron chi connectivity index (χ3n) is 1.51. The van der Waals surface area contributed by atoms with Crippen LogP contribution in [0.15, 0.2) is 23.3 Å². The van der Waals surface area contributed by atoms with Crippen molar-refractivity contribution in [1.82, 2.24) is 0 Å². The molecule has 0 bridgehead atoms. The van der Waals surface area contributed by atoms with Gasteiger partial charge in [-0.25, -0.2) is 5.53 Å². The van der Waals surface area contributed by atoms with Crippen LogP contribution < -0.4 is 0 Å². The van der Waals surface area contributed by atoms with Crippen LogP contribution in [0.5, 0.6) is 0 Å². The molecule has 0 atom stereocenters. The molecule has 12 heavy (non-hydrogen) atoms. The first-order valence-corrected chi connectivity index (χ1v) is 3.27. The molecule has 0 fully saturated rings. The third-order valence-corrected chi connectivity index (χ3v) is 1.51. The summed E-state index contributed by atoms with van der Waals surface area (Å²) >= 11 is 0. The summed E-state index contributed by atoms with van der Waals surface area (Å²) in [6.07, 6.45) is 0. The zero-order valence-electron chi connectivity index (χ0n) is 6.44. The predicted octanol–water partition coefficient (Wildman–Crippen LogP) is 2.57. The van der Waals surface area contributed by atoms with E-state index in [1.165, 1.54) is 18.2 Å². The van der Waals surface area contributed by atoms with Gasteiger partial charge in [0.25, 0.3) is 5.69 Å². The molecule has 0 saturated carbocycles. The lowest BCUT2D eigenvalue weighted by molar-refractivity contribution is -0.384. The van der Waals surface area contributed by atoms with Crippen molar-refractivity contribution in [3.05, 3.63) is 33.9 Å². The van der Waals surface area contributed by atoms with Crippen molar-refractivity contribution >= 4 is 11.4 Å². The van der Waals surface area contributed by atoms with E-state index in [2.05, 4.69) is 5.11 Å². The van der Waals surface area contributed by atoms with Crippen LogP contribution in [0.4, 0.5) is 11.4 Å². The minimum Gasteiger partial charge on any atom is -0.258 e. The first-order chi connectivity index (χ1) is 5.65. The van der Waals surface area contributed by atoms with E-state index < -0.39 is 4.92 Å². The quantitative estimate of drug-likeness (QED) is 0.415. The highest BCUT2D eigenvalue weighted by Crippen LogP contribution is 2.22. The first-order valence-electron chi connectivity index (χ1n) is 3.27. The van der Waals surface area contributed by atoms with Crippen molar-refractivity contribution in [2.45, 2.75) is 6.92 Å². The van der Waals surface area contributed by atoms with Crippen LogP contribution in [0.1, 0.15) is 5.56 Å². The largest absolute Gasteiger partial charge is 0.269 e. The molecule has 1 aromatic carbocycles. The summed E-state index contributed by atoms with van der Waals surface area (Å²) in [4.78, 5) is 9.81. The number of nitrogens with one attached hydrogen (secondary N) is 1. The Morgan fingerprint density at radius 1 is 1.58 bits per heavy atom. The highest BCUT2D eigenvalue weighted by atomic mass is 16.6. The molecule has 0 saturated heterocycles. The van der Waals surface area contributed by atoms with Gasteiger partial charge in [-0.15, -0.1) is 0 Å². The number of rotatable bonds is 2. The van der Waals surface area contributed by atoms with Gasteiger partial charge in [0.1, 0.15) is 0 Å². The van der Waals surface area contributed by atoms with Crippen LogP contribution >= 0.6 is 0 Å². The lowest BCUT2D eigenvalue weighted by Crippen LogP contribution is -1.87. The third kappa shape index (κ3) is 1.45. The lowest BCUT2D eigenvalue weighted by atomic mass is 10.2. The summed E-state index contributed by atoms with van der Waals surface area (Å²) in [6.45, 7) is 1.68. The number of aryl methyl sites for hydroxylation is 1. The summed E-state index contributed by atoms with van der Waals surface area (Å²) in [5.74, 6) is 0. The van der Waals surface area contributed by atoms with Gasteiger partial charge in [-0.3, -0.25) is 10.1 Å². The smallest absolute Gasteiger partial charge is 0.258 e. The predicted molar refractivity (Wildman–Crippen MR) is 42.6 cm³/mol. The number of non-ortho nitro benzene ring substituents is 1. The molecule has 0 aromatic heterocycles. The number of benzene rings is 1. The van der Waals surface area contributed by atoms with E-state index in [1.807, 2.05) is 0 Å². The van der Waals surface area contributed by atoms with Crippen LogP contribution in [0.25, 0.3) is 0 Å². The standard InChI is InChI=1S/C7H7N3O2/c1-5-4-6(10(11)12)2-3-7(5)9-8/h2-4,8H,1H3. The highest BCUT2D eigenvalue weighted by Gasteiger charge is 2.06. The maximum atomic E-state index is 10.3. The Balaban J connectivity index is 3.18. The fourth-order valence-corrected chi connectivity index (χ4v) is 0.879. The van der Waals surface area contributed by atoms with E-state index in [4.69, 9.17) is 5.53 Å². The minimum atomic E-state index is -0.472. The van der Waals surface area contributed by atoms with Crippen LogP contribution in [-0.2, 0) is 0 Å². The molecule has 0 heterocycles. The number of nitro benzene ring substituents is 1. The number of nitrogens with zero attached hydrogens (tertiary/aromatic N) is 2. The van der Waals surface area contributed by atoms with Gasteiger partial charge in [-0.2, -0.15) is 5.11 Å². The van der Waals surface area contributed by atoms with Crippen LogP contribution in [-0.4, -0.2) is 4.92 Å². The summed E-state index contributed by atoms with van der Waals surface area (Å²) < 4.78 is 0. The second-order valence-electron chi connectivity index (χ2n) is 2.34. The Labute approximate surface area is 68.7 Å². The molecule has 62 valence electrons. The summed E-state index contributed by atoms with van der Waals surface area (Å²) in [6, 6.07) is 4.19. The molecule has 0 amide bonds. The maximum absolute atomic E-state index is 10.3. The molecule has 0 spiro atoms. The van der Waals surface area contributed by atoms with E-state index >= 15 is 0 Å². The van der Waals surface area contributed by atoms with Gasteiger partial charge >= 0.3 is 0 Å². The van der Waals surface area contributed by atoms with Crippen LogP contribution in [0.3, 0.4) is 0 Å². The van der Waals surface area contributed by atoms with Crippen molar-refractivity contribution in [3.8, 4) is 0 Å². The summed E-state index contributed by atoms with van der Waals surface area (Å²) in [7, 11) is 0. The van der Waals surface area contributed by atoms with Gasteiger partial charge in [0.2, 0.25) is 0 Å². The van der Waals surface area contributed by atoms with E-state index in [0.29, 0.717) is 11.3 Å². The zero-order chi connectivity index (χ0) is 9.14. The molecule has 0 aliphatic carbocycles. The Morgan fingerprint density at radius 3 is 2.67 bits per heavy atom. The van der Waals surface area contributed by atoms with Gasteiger partial charge in [-0.1, -0.05) is 0 Å². The Hall–Kier alpha value is -1.78. The van der Waals surface area contributed by atoms with Gasteiger partial charge in [0.05, 0.1) is 10.6 Å². The molecule has 5 nitrogen and oxygen atoms in total. The molecular weight excluding hydrogens is 158 g/mol. The Kier molecular flexibility index (Phi) is 2.14. The molecule has 0 aliphatic heterocycles. The fraction of sp³-hybridized carbons (Fsp3) is 0.143. The van der Waals surface area contributed by atoms with Crippen molar-refractivity contribution in [2.24, 2.45) is 5.11 Å². The van der Waals surface area contributed by atoms with Crippen molar-refractivity contribution in [2.75, 3.05) is 0 Å². The van der Waals surface area contributed by atoms with E-state index in [0.717, 1.165) is 0 Å². The molecule has 1 aromatic rings. The molecule has 1 N–H and O–H groups in total. The van der Waals surface area contributed by atoms with Crippen LogP contribution in [0.2, 0.25) is 0 Å². The second-order valence-corrected chi connectivity index (χ2v) is 2.34. The Bertz CT molecular complexity index is 335. The molecule has 0 unspecified atom stereocenters. The minimum absolute atomic E-state index is 0.0277. The van der Waals surface area contributed by atoms with Gasteiger partial charge in [-0.05, 0) is 18.6 Å². The molecule has 5 heteroatoms. The fourth-order valence-electron chi connectivity index (χ4n) is 0.879. The monoisotopic (exact) mass is 165 g/mol. The first kappa shape index (κ1) is 8.32. The average molecular weight is 165 g/mol. The normalized spacial score (nSPS) is 9.42. The zero-order valence-corrected chi connectivity index (χ0v) is 6.44. The molecule has 0 aliphatic rings. The van der Waals surface area contributed by atoms with E-state index in [-0.39, 0.29) is 5.69 Å². The number of hydrogen-bond donors (Lipinski definition) is 1. The van der Waals surface area contributed by atoms with E-state index in [1.54, 1.807) is 6.92 Å². The highest BCUT2D eigenvalue weighted by molar-refractivity contribution is 5.50. The van der Waals surface area contributed by atoms with Crippen molar-refractivity contribution < 1.29 is 4.92 Å². The van der Waals surface area contributed by atoms with Crippen LogP contribution in [0, 0.1) is 22.6 Å². The maximum Gasteiger partial charge on any atom is 0.269 e. The molecular formula is C7H7N3O2. The van der Waals surface area contributed by atoms with Gasteiger partial charge in [0.15, 0.2) is 0 Å². The number of hydrogen-bond acceptors (Lipinski definition) is 4. The molecule has 0 radical (unpaired) electrons. The van der Waals surface area contributed by atoms with Gasteiger partial charge < -0.3 is 0 Å². The van der Waals surface area contributed by atoms with Crippen molar-refractivity contribution in [1.29, 1.82) is 5.53 Å². The average Bonchev–Trinajstić information content (AvgIpc) is 2.04.